The molecule has 0 bridgehead atoms. The standard InChI is InChI=1S/C17H14FN5S/c1-22-7-6-12-13(8-22)24-17-14(12)16-20-15(21-23(16)9-19-17)10-2-4-11(18)5-3-10/h2-5,9H,6-8H2,1H3/p+1. The van der Waals surface area contributed by atoms with E-state index in [9.17, 15) is 4.39 Å². The molecule has 0 fully saturated rings. The Morgan fingerprint density at radius 1 is 1.25 bits per heavy atom. The number of aromatic nitrogens is 4. The number of nitrogens with zero attached hydrogens (tertiary/aromatic N) is 4. The number of quaternary nitrogens is 1. The number of likely N-dealkylation sites (N-methyl/N-ethyl adjacent to an activating group) is 1. The van der Waals surface area contributed by atoms with Gasteiger partial charge >= 0.3 is 0 Å². The minimum absolute atomic E-state index is 0.259. The van der Waals surface area contributed by atoms with Gasteiger partial charge in [-0.15, -0.1) is 16.4 Å². The SMILES string of the molecule is C[NH+]1CCc2c(sc3ncn4nc(-c5ccc(F)cc5)nc4c23)C1. The van der Waals surface area contributed by atoms with Gasteiger partial charge in [-0.2, -0.15) is 0 Å². The van der Waals surface area contributed by atoms with Gasteiger partial charge in [-0.3, -0.25) is 0 Å². The molecule has 0 radical (unpaired) electrons. The summed E-state index contributed by atoms with van der Waals surface area (Å²) in [6.45, 7) is 2.17. The predicted molar refractivity (Wildman–Crippen MR) is 90.7 cm³/mol. The number of rotatable bonds is 1. The molecule has 0 saturated carbocycles. The highest BCUT2D eigenvalue weighted by molar-refractivity contribution is 7.19. The summed E-state index contributed by atoms with van der Waals surface area (Å²) in [5.74, 6) is 0.341. The molecule has 1 N–H and O–H groups in total. The van der Waals surface area contributed by atoms with Gasteiger partial charge in [0.15, 0.2) is 11.5 Å². The number of hydrogen-bond acceptors (Lipinski definition) is 4. The van der Waals surface area contributed by atoms with Gasteiger partial charge in [0, 0.05) is 12.0 Å². The monoisotopic (exact) mass is 340 g/mol. The predicted octanol–water partition coefficient (Wildman–Crippen LogP) is 1.72. The van der Waals surface area contributed by atoms with E-state index in [1.165, 1.54) is 27.5 Å². The minimum atomic E-state index is -0.259. The lowest BCUT2D eigenvalue weighted by molar-refractivity contribution is -0.895. The molecule has 4 heterocycles. The maximum absolute atomic E-state index is 13.1. The van der Waals surface area contributed by atoms with Crippen LogP contribution in [0.5, 0.6) is 0 Å². The Morgan fingerprint density at radius 3 is 2.92 bits per heavy atom. The van der Waals surface area contributed by atoms with E-state index in [0.717, 1.165) is 40.9 Å². The van der Waals surface area contributed by atoms with Crippen molar-refractivity contribution < 1.29 is 9.29 Å². The third-order valence-electron chi connectivity index (χ3n) is 4.58. The molecule has 1 aliphatic rings. The van der Waals surface area contributed by atoms with Crippen molar-refractivity contribution in [3.63, 3.8) is 0 Å². The maximum Gasteiger partial charge on any atom is 0.182 e. The molecule has 1 aliphatic heterocycles. The average Bonchev–Trinajstić information content (AvgIpc) is 3.15. The zero-order valence-electron chi connectivity index (χ0n) is 13.1. The molecule has 7 heteroatoms. The van der Waals surface area contributed by atoms with E-state index in [-0.39, 0.29) is 5.82 Å². The smallest absolute Gasteiger partial charge is 0.182 e. The molecular formula is C17H15FN5S+. The molecule has 3 aromatic heterocycles. The molecule has 1 unspecified atom stereocenters. The first-order chi connectivity index (χ1) is 11.7. The lowest BCUT2D eigenvalue weighted by Gasteiger charge is -2.19. The van der Waals surface area contributed by atoms with Crippen LogP contribution in [0, 0.1) is 5.82 Å². The lowest BCUT2D eigenvalue weighted by atomic mass is 10.1. The first-order valence-electron chi connectivity index (χ1n) is 7.92. The third kappa shape index (κ3) is 2.05. The van der Waals surface area contributed by atoms with Crippen molar-refractivity contribution in [2.75, 3.05) is 13.6 Å². The van der Waals surface area contributed by atoms with Crippen molar-refractivity contribution in [2.45, 2.75) is 13.0 Å². The van der Waals surface area contributed by atoms with Crippen molar-refractivity contribution in [3.8, 4) is 11.4 Å². The first kappa shape index (κ1) is 14.0. The summed E-state index contributed by atoms with van der Waals surface area (Å²) < 4.78 is 14.9. The van der Waals surface area contributed by atoms with E-state index < -0.39 is 0 Å². The summed E-state index contributed by atoms with van der Waals surface area (Å²) in [5, 5.41) is 5.66. The highest BCUT2D eigenvalue weighted by atomic mass is 32.1. The van der Waals surface area contributed by atoms with Crippen LogP contribution in [-0.4, -0.2) is 33.2 Å². The van der Waals surface area contributed by atoms with Crippen LogP contribution in [0.3, 0.4) is 0 Å². The van der Waals surface area contributed by atoms with Crippen LogP contribution in [0.4, 0.5) is 4.39 Å². The Labute approximate surface area is 141 Å². The maximum atomic E-state index is 13.1. The van der Waals surface area contributed by atoms with Crippen molar-refractivity contribution in [2.24, 2.45) is 0 Å². The van der Waals surface area contributed by atoms with Gasteiger partial charge in [0.1, 0.15) is 23.5 Å². The summed E-state index contributed by atoms with van der Waals surface area (Å²) >= 11 is 1.76. The first-order valence-corrected chi connectivity index (χ1v) is 8.73. The molecule has 0 saturated heterocycles. The van der Waals surface area contributed by atoms with E-state index >= 15 is 0 Å². The molecule has 1 atom stereocenters. The van der Waals surface area contributed by atoms with E-state index in [0.29, 0.717) is 5.82 Å². The number of hydrogen-bond donors (Lipinski definition) is 1. The molecular weight excluding hydrogens is 325 g/mol. The van der Waals surface area contributed by atoms with Crippen molar-refractivity contribution in [3.05, 3.63) is 46.9 Å². The van der Waals surface area contributed by atoms with Gasteiger partial charge in [-0.25, -0.2) is 18.9 Å². The number of halogens is 1. The van der Waals surface area contributed by atoms with Crippen LogP contribution in [0.15, 0.2) is 30.6 Å². The number of thiophene rings is 1. The Kier molecular flexibility index (Phi) is 2.95. The van der Waals surface area contributed by atoms with Gasteiger partial charge in [-0.1, -0.05) is 0 Å². The van der Waals surface area contributed by atoms with Gasteiger partial charge in [0.05, 0.1) is 23.9 Å². The molecule has 120 valence electrons. The number of benzene rings is 1. The summed E-state index contributed by atoms with van der Waals surface area (Å²) in [4.78, 5) is 13.3. The molecule has 0 amide bonds. The van der Waals surface area contributed by atoms with Gasteiger partial charge in [-0.05, 0) is 29.8 Å². The van der Waals surface area contributed by atoms with Crippen LogP contribution in [-0.2, 0) is 13.0 Å². The van der Waals surface area contributed by atoms with Crippen LogP contribution in [0.2, 0.25) is 0 Å². The highest BCUT2D eigenvalue weighted by Gasteiger charge is 2.24. The fourth-order valence-electron chi connectivity index (χ4n) is 3.33. The lowest BCUT2D eigenvalue weighted by Crippen LogP contribution is -3.08. The quantitative estimate of drug-likeness (QED) is 0.574. The summed E-state index contributed by atoms with van der Waals surface area (Å²) in [6.07, 6.45) is 2.76. The fourth-order valence-corrected chi connectivity index (χ4v) is 4.63. The second-order valence-electron chi connectivity index (χ2n) is 6.27. The largest absolute Gasteiger partial charge is 0.333 e. The van der Waals surface area contributed by atoms with Crippen molar-refractivity contribution >= 4 is 27.2 Å². The zero-order chi connectivity index (χ0) is 16.3. The second kappa shape index (κ2) is 5.06. The van der Waals surface area contributed by atoms with Crippen LogP contribution in [0.1, 0.15) is 10.4 Å². The Hall–Kier alpha value is -2.38. The van der Waals surface area contributed by atoms with Crippen LogP contribution in [0.25, 0.3) is 27.3 Å². The van der Waals surface area contributed by atoms with Gasteiger partial charge in [0.2, 0.25) is 0 Å². The van der Waals surface area contributed by atoms with Gasteiger partial charge < -0.3 is 4.90 Å². The minimum Gasteiger partial charge on any atom is -0.333 e. The van der Waals surface area contributed by atoms with Crippen molar-refractivity contribution in [1.29, 1.82) is 0 Å². The normalized spacial score (nSPS) is 17.5. The molecule has 4 aromatic rings. The third-order valence-corrected chi connectivity index (χ3v) is 5.72. The topological polar surface area (TPSA) is 47.5 Å². The Balaban J connectivity index is 1.74. The van der Waals surface area contributed by atoms with Crippen molar-refractivity contribution in [1.82, 2.24) is 19.6 Å². The molecule has 0 aliphatic carbocycles. The molecule has 24 heavy (non-hydrogen) atoms. The van der Waals surface area contributed by atoms with Crippen LogP contribution >= 0.6 is 11.3 Å². The second-order valence-corrected chi connectivity index (χ2v) is 7.36. The highest BCUT2D eigenvalue weighted by Crippen LogP contribution is 2.33. The van der Waals surface area contributed by atoms with Crippen LogP contribution < -0.4 is 4.90 Å². The summed E-state index contributed by atoms with van der Waals surface area (Å²) in [6, 6.07) is 6.27. The molecule has 1 aromatic carbocycles. The summed E-state index contributed by atoms with van der Waals surface area (Å²) in [7, 11) is 2.22. The Morgan fingerprint density at radius 2 is 2.08 bits per heavy atom. The average molecular weight is 340 g/mol. The molecule has 5 nitrogen and oxygen atoms in total. The Bertz CT molecular complexity index is 1070. The molecule has 0 spiro atoms. The summed E-state index contributed by atoms with van der Waals surface area (Å²) in [5.41, 5.74) is 3.02. The van der Waals surface area contributed by atoms with E-state index in [1.807, 2.05) is 0 Å². The number of nitrogens with one attached hydrogen (secondary N) is 1. The van der Waals surface area contributed by atoms with Gasteiger partial charge in [0.25, 0.3) is 0 Å². The van der Waals surface area contributed by atoms with E-state index in [2.05, 4.69) is 17.1 Å². The zero-order valence-corrected chi connectivity index (χ0v) is 13.9. The number of fused-ring (bicyclic) bond motifs is 5. The van der Waals surface area contributed by atoms with E-state index in [4.69, 9.17) is 4.98 Å². The fraction of sp³-hybridized carbons (Fsp3) is 0.235. The van der Waals surface area contributed by atoms with E-state index in [1.54, 1.807) is 34.3 Å². The molecule has 5 rings (SSSR count).